The van der Waals surface area contributed by atoms with E-state index in [4.69, 9.17) is 10.5 Å². The average Bonchev–Trinajstić information content (AvgIpc) is 3.29. The summed E-state index contributed by atoms with van der Waals surface area (Å²) in [6, 6.07) is 14.9. The molecule has 172 valence electrons. The van der Waals surface area contributed by atoms with Gasteiger partial charge in [-0.1, -0.05) is 18.2 Å². The fourth-order valence-corrected chi connectivity index (χ4v) is 3.15. The lowest BCUT2D eigenvalue weighted by molar-refractivity contribution is -0.140. The molecule has 2 aromatic heterocycles. The van der Waals surface area contributed by atoms with Gasteiger partial charge < -0.3 is 31.2 Å². The number of aliphatic carboxylic acids is 1. The smallest absolute Gasteiger partial charge is 0.326 e. The maximum Gasteiger partial charge on any atom is 0.326 e. The van der Waals surface area contributed by atoms with Gasteiger partial charge in [-0.2, -0.15) is 9.97 Å². The number of aromatic amines is 1. The van der Waals surface area contributed by atoms with Gasteiger partial charge in [-0.05, 0) is 42.5 Å². The fourth-order valence-electron chi connectivity index (χ4n) is 3.15. The van der Waals surface area contributed by atoms with Crippen molar-refractivity contribution in [2.45, 2.75) is 12.5 Å². The van der Waals surface area contributed by atoms with E-state index >= 15 is 0 Å². The van der Waals surface area contributed by atoms with Gasteiger partial charge in [-0.15, -0.1) is 0 Å². The first-order valence-electron chi connectivity index (χ1n) is 10.2. The molecule has 6 N–H and O–H groups in total. The molecule has 4 rings (SSSR count). The average molecular weight is 460 g/mol. The lowest BCUT2D eigenvalue weighted by Gasteiger charge is -2.15. The first kappa shape index (κ1) is 22.3. The number of nitrogens with one attached hydrogen (secondary N) is 3. The number of amides is 2. The predicted molar refractivity (Wildman–Crippen MR) is 123 cm³/mol. The minimum atomic E-state index is -1.39. The summed E-state index contributed by atoms with van der Waals surface area (Å²) in [5.74, 6) is -1.70. The highest BCUT2D eigenvalue weighted by molar-refractivity contribution is 5.99. The highest BCUT2D eigenvalue weighted by Gasteiger charge is 2.24. The van der Waals surface area contributed by atoms with E-state index < -0.39 is 30.2 Å². The largest absolute Gasteiger partial charge is 0.480 e. The number of hydrogen-bond acceptors (Lipinski definition) is 7. The number of rotatable bonds is 8. The molecule has 2 heterocycles. The Morgan fingerprint density at radius 1 is 1.03 bits per heavy atom. The Morgan fingerprint density at radius 2 is 1.76 bits per heavy atom. The van der Waals surface area contributed by atoms with Crippen LogP contribution >= 0.6 is 0 Å². The number of benzene rings is 2. The lowest BCUT2D eigenvalue weighted by atomic mass is 10.1. The summed E-state index contributed by atoms with van der Waals surface area (Å²) in [6.07, 6.45) is 1.24. The van der Waals surface area contributed by atoms with E-state index in [1.54, 1.807) is 66.9 Å². The SMILES string of the molecule is Nc1nc(Oc2ccc(NC(=O)C[C@@H](NC(=O)c3ccccc3)C(=O)O)cc2)c2cc[nH]c2n1. The second-order valence-corrected chi connectivity index (χ2v) is 7.24. The molecule has 2 aromatic carbocycles. The van der Waals surface area contributed by atoms with Crippen molar-refractivity contribution in [3.63, 3.8) is 0 Å². The van der Waals surface area contributed by atoms with E-state index in [1.165, 1.54) is 0 Å². The number of nitrogens with zero attached hydrogens (tertiary/aromatic N) is 2. The first-order valence-corrected chi connectivity index (χ1v) is 10.2. The normalized spacial score (nSPS) is 11.5. The molecule has 4 aromatic rings. The topological polar surface area (TPSA) is 172 Å². The number of carboxylic acids is 1. The van der Waals surface area contributed by atoms with Crippen molar-refractivity contribution >= 4 is 40.5 Å². The van der Waals surface area contributed by atoms with E-state index in [0.717, 1.165) is 0 Å². The van der Waals surface area contributed by atoms with E-state index in [9.17, 15) is 19.5 Å². The third-order valence-electron chi connectivity index (χ3n) is 4.78. The van der Waals surface area contributed by atoms with Crippen LogP contribution < -0.4 is 21.1 Å². The highest BCUT2D eigenvalue weighted by Crippen LogP contribution is 2.28. The summed E-state index contributed by atoms with van der Waals surface area (Å²) in [7, 11) is 0. The van der Waals surface area contributed by atoms with Gasteiger partial charge in [-0.25, -0.2) is 4.79 Å². The van der Waals surface area contributed by atoms with Gasteiger partial charge in [0, 0.05) is 17.4 Å². The molecule has 0 radical (unpaired) electrons. The van der Waals surface area contributed by atoms with E-state index in [0.29, 0.717) is 28.0 Å². The van der Waals surface area contributed by atoms with Crippen LogP contribution in [0.4, 0.5) is 11.6 Å². The van der Waals surface area contributed by atoms with Crippen molar-refractivity contribution in [3.05, 3.63) is 72.4 Å². The lowest BCUT2D eigenvalue weighted by Crippen LogP contribution is -2.43. The van der Waals surface area contributed by atoms with Crippen LogP contribution in [0.15, 0.2) is 66.9 Å². The van der Waals surface area contributed by atoms with Crippen molar-refractivity contribution in [1.82, 2.24) is 20.3 Å². The fraction of sp³-hybridized carbons (Fsp3) is 0.0870. The number of carbonyl (C=O) groups is 3. The maximum absolute atomic E-state index is 12.4. The van der Waals surface area contributed by atoms with Gasteiger partial charge in [0.25, 0.3) is 5.91 Å². The summed E-state index contributed by atoms with van der Waals surface area (Å²) in [4.78, 5) is 47.3. The quantitative estimate of drug-likeness (QED) is 0.267. The molecule has 0 saturated heterocycles. The summed E-state index contributed by atoms with van der Waals surface area (Å²) < 4.78 is 5.78. The Hall–Kier alpha value is -4.93. The molecule has 0 aliphatic heterocycles. The third kappa shape index (κ3) is 5.27. The molecule has 1 atom stereocenters. The zero-order valence-corrected chi connectivity index (χ0v) is 17.7. The molecule has 0 aliphatic carbocycles. The van der Waals surface area contributed by atoms with Crippen molar-refractivity contribution in [2.24, 2.45) is 0 Å². The Morgan fingerprint density at radius 3 is 2.47 bits per heavy atom. The zero-order chi connectivity index (χ0) is 24.1. The number of anilines is 2. The zero-order valence-electron chi connectivity index (χ0n) is 17.7. The molecule has 0 unspecified atom stereocenters. The molecule has 0 spiro atoms. The van der Waals surface area contributed by atoms with Crippen LogP contribution in [0, 0.1) is 0 Å². The Kier molecular flexibility index (Phi) is 6.35. The molecule has 11 nitrogen and oxygen atoms in total. The Bertz CT molecular complexity index is 1340. The minimum absolute atomic E-state index is 0.0566. The molecule has 0 aliphatic rings. The molecule has 0 bridgehead atoms. The number of carbonyl (C=O) groups excluding carboxylic acids is 2. The standard InChI is InChI=1S/C23H20N6O5/c24-23-28-19-16(10-11-25-19)21(29-23)34-15-8-6-14(7-9-15)26-18(30)12-17(22(32)33)27-20(31)13-4-2-1-3-5-13/h1-11,17H,12H2,(H,26,30)(H,27,31)(H,32,33)(H3,24,25,28,29)/t17-/m1/s1. The van der Waals surface area contributed by atoms with Gasteiger partial charge in [0.15, 0.2) is 0 Å². The monoisotopic (exact) mass is 460 g/mol. The molecule has 0 saturated carbocycles. The summed E-state index contributed by atoms with van der Waals surface area (Å²) in [5.41, 5.74) is 6.96. The van der Waals surface area contributed by atoms with Gasteiger partial charge in [0.2, 0.25) is 17.7 Å². The van der Waals surface area contributed by atoms with Crippen LogP contribution in [0.25, 0.3) is 11.0 Å². The van der Waals surface area contributed by atoms with E-state index in [1.807, 2.05) is 0 Å². The van der Waals surface area contributed by atoms with Crippen LogP contribution in [-0.4, -0.2) is 43.9 Å². The molecular weight excluding hydrogens is 440 g/mol. The van der Waals surface area contributed by atoms with Crippen LogP contribution in [0.2, 0.25) is 0 Å². The minimum Gasteiger partial charge on any atom is -0.480 e. The summed E-state index contributed by atoms with van der Waals surface area (Å²) in [5, 5.41) is 15.0. The molecule has 0 fully saturated rings. The predicted octanol–water partition coefficient (Wildman–Crippen LogP) is 2.54. The first-order chi connectivity index (χ1) is 16.4. The maximum atomic E-state index is 12.4. The van der Waals surface area contributed by atoms with Crippen LogP contribution in [0.1, 0.15) is 16.8 Å². The highest BCUT2D eigenvalue weighted by atomic mass is 16.5. The summed E-state index contributed by atoms with van der Waals surface area (Å²) in [6.45, 7) is 0. The second kappa shape index (κ2) is 9.69. The summed E-state index contributed by atoms with van der Waals surface area (Å²) >= 11 is 0. The molecule has 11 heteroatoms. The number of aromatic nitrogens is 3. The van der Waals surface area contributed by atoms with Gasteiger partial charge in [0.1, 0.15) is 17.4 Å². The molecular formula is C23H20N6O5. The van der Waals surface area contributed by atoms with Crippen molar-refractivity contribution in [1.29, 1.82) is 0 Å². The van der Waals surface area contributed by atoms with Crippen LogP contribution in [0.5, 0.6) is 11.6 Å². The van der Waals surface area contributed by atoms with E-state index in [2.05, 4.69) is 25.6 Å². The van der Waals surface area contributed by atoms with Gasteiger partial charge >= 0.3 is 5.97 Å². The third-order valence-corrected chi connectivity index (χ3v) is 4.78. The number of carboxylic acid groups (broad SMARTS) is 1. The molecule has 34 heavy (non-hydrogen) atoms. The number of H-pyrrole nitrogens is 1. The van der Waals surface area contributed by atoms with E-state index in [-0.39, 0.29) is 11.8 Å². The Balaban J connectivity index is 1.37. The number of nitrogen functional groups attached to an aromatic ring is 1. The Labute approximate surface area is 193 Å². The number of fused-ring (bicyclic) bond motifs is 1. The molecule has 2 amide bonds. The van der Waals surface area contributed by atoms with Gasteiger partial charge in [-0.3, -0.25) is 9.59 Å². The van der Waals surface area contributed by atoms with Crippen molar-refractivity contribution in [2.75, 3.05) is 11.1 Å². The number of ether oxygens (including phenoxy) is 1. The van der Waals surface area contributed by atoms with Crippen LogP contribution in [-0.2, 0) is 9.59 Å². The second-order valence-electron chi connectivity index (χ2n) is 7.24. The number of nitrogens with two attached hydrogens (primary N) is 1. The van der Waals surface area contributed by atoms with Crippen LogP contribution in [0.3, 0.4) is 0 Å². The van der Waals surface area contributed by atoms with Crippen molar-refractivity contribution in [3.8, 4) is 11.6 Å². The van der Waals surface area contributed by atoms with Gasteiger partial charge in [0.05, 0.1) is 11.8 Å². The number of hydrogen-bond donors (Lipinski definition) is 5. The van der Waals surface area contributed by atoms with Crippen molar-refractivity contribution < 1.29 is 24.2 Å².